The summed E-state index contributed by atoms with van der Waals surface area (Å²) in [6, 6.07) is 4.52. The molecule has 0 saturated heterocycles. The molecule has 1 aromatic carbocycles. The van der Waals surface area contributed by atoms with Crippen molar-refractivity contribution >= 4 is 28.9 Å². The standard InChI is InChI=1S/C20H25N3O4S/c1-2-27-17-4-3-13(10-16(17)23(25)26)19(24)22-20(28)21-18-14-6-11-5-12(8-14)9-15(18)7-11/h3-4,10-12,14-15,18H,2,5-9H2,1H3,(H2,21,22,24,28). The summed E-state index contributed by atoms with van der Waals surface area (Å²) in [7, 11) is 0. The Bertz CT molecular complexity index is 785. The maximum atomic E-state index is 12.5. The lowest BCUT2D eigenvalue weighted by Gasteiger charge is -2.54. The molecule has 0 aliphatic heterocycles. The summed E-state index contributed by atoms with van der Waals surface area (Å²) in [5.41, 5.74) is -0.0428. The third kappa shape index (κ3) is 3.70. The number of hydrogen-bond acceptors (Lipinski definition) is 5. The van der Waals surface area contributed by atoms with E-state index in [1.54, 1.807) is 6.92 Å². The van der Waals surface area contributed by atoms with Crippen LogP contribution in [0.5, 0.6) is 5.75 Å². The zero-order valence-corrected chi connectivity index (χ0v) is 16.7. The van der Waals surface area contributed by atoms with Gasteiger partial charge in [-0.15, -0.1) is 0 Å². The van der Waals surface area contributed by atoms with Gasteiger partial charge in [0.1, 0.15) is 0 Å². The van der Waals surface area contributed by atoms with E-state index in [9.17, 15) is 14.9 Å². The van der Waals surface area contributed by atoms with E-state index in [0.29, 0.717) is 29.6 Å². The number of nitrogens with zero attached hydrogens (tertiary/aromatic N) is 1. The fraction of sp³-hybridized carbons (Fsp3) is 0.600. The van der Waals surface area contributed by atoms with Gasteiger partial charge in [-0.3, -0.25) is 20.2 Å². The maximum Gasteiger partial charge on any atom is 0.311 e. The fourth-order valence-corrected chi connectivity index (χ4v) is 5.83. The van der Waals surface area contributed by atoms with E-state index in [1.807, 2.05) is 0 Å². The lowest BCUT2D eigenvalue weighted by molar-refractivity contribution is -0.385. The topological polar surface area (TPSA) is 93.5 Å². The van der Waals surface area contributed by atoms with E-state index in [2.05, 4.69) is 10.6 Å². The van der Waals surface area contributed by atoms with Gasteiger partial charge in [0.05, 0.1) is 11.5 Å². The third-order valence-corrected chi connectivity index (χ3v) is 6.69. The predicted octanol–water partition coefficient (Wildman–Crippen LogP) is 3.42. The van der Waals surface area contributed by atoms with Crippen molar-refractivity contribution in [3.8, 4) is 5.75 Å². The van der Waals surface area contributed by atoms with Crippen molar-refractivity contribution in [2.24, 2.45) is 23.7 Å². The molecule has 0 heterocycles. The van der Waals surface area contributed by atoms with E-state index >= 15 is 0 Å². The van der Waals surface area contributed by atoms with Crippen LogP contribution >= 0.6 is 12.2 Å². The Morgan fingerprint density at radius 1 is 1.21 bits per heavy atom. The van der Waals surface area contributed by atoms with Gasteiger partial charge in [0, 0.05) is 17.7 Å². The lowest BCUT2D eigenvalue weighted by Crippen LogP contribution is -2.57. The third-order valence-electron chi connectivity index (χ3n) is 6.47. The molecule has 4 saturated carbocycles. The summed E-state index contributed by atoms with van der Waals surface area (Å²) in [6.45, 7) is 2.06. The Kier molecular flexibility index (Phi) is 5.23. The molecular formula is C20H25N3O4S. The first kappa shape index (κ1) is 19.1. The summed E-state index contributed by atoms with van der Waals surface area (Å²) in [6.07, 6.45) is 6.41. The molecule has 8 heteroatoms. The first-order valence-corrected chi connectivity index (χ1v) is 10.4. The summed E-state index contributed by atoms with van der Waals surface area (Å²) >= 11 is 5.38. The van der Waals surface area contributed by atoms with Crippen molar-refractivity contribution in [3.63, 3.8) is 0 Å². The molecule has 2 N–H and O–H groups in total. The highest BCUT2D eigenvalue weighted by atomic mass is 32.1. The number of amides is 1. The van der Waals surface area contributed by atoms with E-state index in [1.165, 1.54) is 50.3 Å². The molecule has 0 aromatic heterocycles. The molecule has 1 aromatic rings. The minimum Gasteiger partial charge on any atom is -0.487 e. The Morgan fingerprint density at radius 3 is 2.43 bits per heavy atom. The molecule has 0 radical (unpaired) electrons. The van der Waals surface area contributed by atoms with Crippen LogP contribution in [0.1, 0.15) is 49.4 Å². The Morgan fingerprint density at radius 2 is 1.86 bits per heavy atom. The van der Waals surface area contributed by atoms with E-state index in [-0.39, 0.29) is 17.0 Å². The van der Waals surface area contributed by atoms with Crippen LogP contribution in [0, 0.1) is 33.8 Å². The SMILES string of the molecule is CCOc1ccc(C(=O)NC(=S)NC2C3CC4CC(C3)CC2C4)cc1[N+](=O)[O-]. The quantitative estimate of drug-likeness (QED) is 0.444. The van der Waals surface area contributed by atoms with Crippen molar-refractivity contribution < 1.29 is 14.5 Å². The molecule has 1 amide bonds. The van der Waals surface area contributed by atoms with Crippen LogP contribution in [0.2, 0.25) is 0 Å². The second-order valence-corrected chi connectivity index (χ2v) is 8.66. The number of nitro benzene ring substituents is 1. The van der Waals surface area contributed by atoms with Crippen LogP contribution in [0.15, 0.2) is 18.2 Å². The van der Waals surface area contributed by atoms with Gasteiger partial charge in [0.2, 0.25) is 0 Å². The Balaban J connectivity index is 1.40. The predicted molar refractivity (Wildman–Crippen MR) is 108 cm³/mol. The minimum absolute atomic E-state index is 0.151. The van der Waals surface area contributed by atoms with Gasteiger partial charge in [-0.05, 0) is 87.1 Å². The molecular weight excluding hydrogens is 378 g/mol. The normalized spacial score (nSPS) is 30.0. The monoisotopic (exact) mass is 403 g/mol. The largest absolute Gasteiger partial charge is 0.487 e. The Hall–Kier alpha value is -2.22. The number of thiocarbonyl (C=S) groups is 1. The number of nitrogens with one attached hydrogen (secondary N) is 2. The highest BCUT2D eigenvalue weighted by Gasteiger charge is 2.48. The molecule has 4 fully saturated rings. The molecule has 4 aliphatic rings. The molecule has 150 valence electrons. The van der Waals surface area contributed by atoms with Gasteiger partial charge >= 0.3 is 5.69 Å². The average molecular weight is 404 g/mol. The first-order valence-electron chi connectivity index (χ1n) is 9.97. The van der Waals surface area contributed by atoms with Crippen LogP contribution in [0.25, 0.3) is 0 Å². The van der Waals surface area contributed by atoms with E-state index < -0.39 is 10.8 Å². The van der Waals surface area contributed by atoms with Crippen molar-refractivity contribution in [2.75, 3.05) is 6.61 Å². The number of carbonyl (C=O) groups is 1. The molecule has 7 nitrogen and oxygen atoms in total. The summed E-state index contributed by atoms with van der Waals surface area (Å²) in [4.78, 5) is 23.2. The summed E-state index contributed by atoms with van der Waals surface area (Å²) < 4.78 is 5.26. The zero-order chi connectivity index (χ0) is 19.8. The second-order valence-electron chi connectivity index (χ2n) is 8.26. The number of benzene rings is 1. The number of ether oxygens (including phenoxy) is 1. The number of carbonyl (C=O) groups excluding carboxylic acids is 1. The summed E-state index contributed by atoms with van der Waals surface area (Å²) in [5.74, 6) is 2.71. The van der Waals surface area contributed by atoms with Crippen LogP contribution in [0.4, 0.5) is 5.69 Å². The van der Waals surface area contributed by atoms with Crippen molar-refractivity contribution in [2.45, 2.75) is 45.1 Å². The molecule has 4 aliphatic carbocycles. The molecule has 0 unspecified atom stereocenters. The van der Waals surface area contributed by atoms with Crippen LogP contribution < -0.4 is 15.4 Å². The van der Waals surface area contributed by atoms with Gasteiger partial charge in [-0.2, -0.15) is 0 Å². The van der Waals surface area contributed by atoms with Gasteiger partial charge < -0.3 is 10.1 Å². The molecule has 28 heavy (non-hydrogen) atoms. The van der Waals surface area contributed by atoms with E-state index in [0.717, 1.165) is 11.8 Å². The summed E-state index contributed by atoms with van der Waals surface area (Å²) in [5, 5.41) is 17.6. The van der Waals surface area contributed by atoms with Gasteiger partial charge in [0.25, 0.3) is 5.91 Å². The van der Waals surface area contributed by atoms with Crippen LogP contribution in [-0.2, 0) is 0 Å². The zero-order valence-electron chi connectivity index (χ0n) is 15.8. The number of hydrogen-bond donors (Lipinski definition) is 2. The van der Waals surface area contributed by atoms with Crippen LogP contribution in [0.3, 0.4) is 0 Å². The number of nitro groups is 1. The average Bonchev–Trinajstić information content (AvgIpc) is 2.64. The lowest BCUT2D eigenvalue weighted by atomic mass is 9.54. The first-order chi connectivity index (χ1) is 13.4. The molecule has 0 atom stereocenters. The van der Waals surface area contributed by atoms with E-state index in [4.69, 9.17) is 17.0 Å². The maximum absolute atomic E-state index is 12.5. The van der Waals surface area contributed by atoms with Gasteiger partial charge in [-0.25, -0.2) is 0 Å². The van der Waals surface area contributed by atoms with Crippen molar-refractivity contribution in [3.05, 3.63) is 33.9 Å². The highest BCUT2D eigenvalue weighted by Crippen LogP contribution is 2.53. The fourth-order valence-electron chi connectivity index (χ4n) is 5.60. The number of rotatable bonds is 5. The van der Waals surface area contributed by atoms with Crippen molar-refractivity contribution in [1.82, 2.24) is 10.6 Å². The Labute approximate surface area is 169 Å². The minimum atomic E-state index is -0.549. The smallest absolute Gasteiger partial charge is 0.311 e. The second kappa shape index (κ2) is 7.66. The molecule has 0 spiro atoms. The van der Waals surface area contributed by atoms with Gasteiger partial charge in [0.15, 0.2) is 10.9 Å². The van der Waals surface area contributed by atoms with Gasteiger partial charge in [-0.1, -0.05) is 0 Å². The highest BCUT2D eigenvalue weighted by molar-refractivity contribution is 7.80. The molecule has 4 bridgehead atoms. The van der Waals surface area contributed by atoms with Crippen molar-refractivity contribution in [1.29, 1.82) is 0 Å². The van der Waals surface area contributed by atoms with Crippen LogP contribution in [-0.4, -0.2) is 28.6 Å². The molecule has 5 rings (SSSR count).